The van der Waals surface area contributed by atoms with Crippen LogP contribution in [0.3, 0.4) is 0 Å². The van der Waals surface area contributed by atoms with E-state index in [2.05, 4.69) is 14.9 Å². The van der Waals surface area contributed by atoms with Crippen LogP contribution in [0.1, 0.15) is 84.8 Å². The van der Waals surface area contributed by atoms with E-state index >= 15 is 4.39 Å². The molecule has 0 aliphatic carbocycles. The van der Waals surface area contributed by atoms with Gasteiger partial charge in [-0.25, -0.2) is 13.9 Å². The molecule has 3 atom stereocenters. The van der Waals surface area contributed by atoms with Crippen LogP contribution in [0.4, 0.5) is 15.0 Å². The lowest BCUT2D eigenvalue weighted by Gasteiger charge is -2.42. The van der Waals surface area contributed by atoms with Crippen LogP contribution in [0.15, 0.2) is 30.6 Å². The zero-order valence-corrected chi connectivity index (χ0v) is 29.8. The van der Waals surface area contributed by atoms with Gasteiger partial charge in [-0.2, -0.15) is 15.1 Å². The Morgan fingerprint density at radius 3 is 2.51 bits per heavy atom. The Bertz CT molecular complexity index is 1950. The third kappa shape index (κ3) is 5.76. The number of nitrogens with zero attached hydrogens (tertiary/aromatic N) is 8. The molecule has 3 unspecified atom stereocenters. The van der Waals surface area contributed by atoms with Crippen molar-refractivity contribution in [3.63, 3.8) is 0 Å². The van der Waals surface area contributed by atoms with Gasteiger partial charge in [-0.3, -0.25) is 14.8 Å². The maximum atomic E-state index is 17.1. The molecule has 51 heavy (non-hydrogen) atoms. The van der Waals surface area contributed by atoms with Gasteiger partial charge in [0.25, 0.3) is 0 Å². The Morgan fingerprint density at radius 1 is 1.00 bits per heavy atom. The van der Waals surface area contributed by atoms with Crippen molar-refractivity contribution in [2.75, 3.05) is 44.3 Å². The Balaban J connectivity index is 1.10. The number of aromatic nitrogens is 5. The number of carbonyl (C=O) groups is 1. The fourth-order valence-corrected chi connectivity index (χ4v) is 9.29. The molecule has 0 radical (unpaired) electrons. The Kier molecular flexibility index (Phi) is 8.06. The quantitative estimate of drug-likeness (QED) is 0.222. The molecule has 0 N–H and O–H groups in total. The lowest BCUT2D eigenvalue weighted by atomic mass is 9.95. The van der Waals surface area contributed by atoms with Gasteiger partial charge < -0.3 is 19.1 Å². The molecular formula is C38H47FN8O4. The summed E-state index contributed by atoms with van der Waals surface area (Å²) < 4.78 is 37.3. The fraction of sp³-hybridized carbons (Fsp3) is 0.605. The van der Waals surface area contributed by atoms with Crippen LogP contribution in [0, 0.1) is 5.82 Å². The number of ether oxygens (including phenoxy) is 3. The average molecular weight is 699 g/mol. The molecule has 1 aromatic carbocycles. The van der Waals surface area contributed by atoms with Crippen LogP contribution in [-0.2, 0) is 9.47 Å². The molecule has 8 heterocycles. The second-order valence-corrected chi connectivity index (χ2v) is 16.0. The van der Waals surface area contributed by atoms with Crippen LogP contribution in [0.2, 0.25) is 0 Å². The van der Waals surface area contributed by atoms with Crippen molar-refractivity contribution in [1.82, 2.24) is 34.5 Å². The molecule has 5 fully saturated rings. The van der Waals surface area contributed by atoms with Gasteiger partial charge in [-0.15, -0.1) is 0 Å². The van der Waals surface area contributed by atoms with E-state index in [1.165, 1.54) is 0 Å². The smallest absolute Gasteiger partial charge is 0.410 e. The van der Waals surface area contributed by atoms with Gasteiger partial charge in [0.2, 0.25) is 0 Å². The largest absolute Gasteiger partial charge is 0.461 e. The van der Waals surface area contributed by atoms with E-state index < -0.39 is 11.4 Å². The van der Waals surface area contributed by atoms with Crippen molar-refractivity contribution >= 4 is 33.7 Å². The van der Waals surface area contributed by atoms with Crippen molar-refractivity contribution in [3.8, 4) is 17.3 Å². The number of fused-ring (bicyclic) bond motifs is 5. The van der Waals surface area contributed by atoms with E-state index in [4.69, 9.17) is 29.2 Å². The highest BCUT2D eigenvalue weighted by Gasteiger charge is 2.46. The van der Waals surface area contributed by atoms with Gasteiger partial charge in [0.05, 0.1) is 34.7 Å². The summed E-state index contributed by atoms with van der Waals surface area (Å²) in [6, 6.07) is 5.87. The standard InChI is InChI=1S/C38H47FN8O4/c1-37(2,3)51-36(48)46-24-12-13-25(46)22-44(21-24)34-28-19-40-32(26-9-6-10-29-27(26)20-41-47(29)30-11-4-5-18-49-30)31(39)33(28)42-35(43-34)50-23-38-14-7-16-45(38)17-8-15-38/h6,9-10,19-20,24-25,30H,4-5,7-8,11-18,21-23H2,1-3H3. The van der Waals surface area contributed by atoms with E-state index in [1.807, 2.05) is 48.6 Å². The number of benzene rings is 1. The van der Waals surface area contributed by atoms with Crippen molar-refractivity contribution in [3.05, 3.63) is 36.4 Å². The van der Waals surface area contributed by atoms with Gasteiger partial charge >= 0.3 is 12.1 Å². The topological polar surface area (TPSA) is 111 Å². The van der Waals surface area contributed by atoms with E-state index in [0.29, 0.717) is 43.1 Å². The number of anilines is 1. The number of halogens is 1. The number of rotatable bonds is 6. The third-order valence-corrected chi connectivity index (χ3v) is 11.6. The minimum atomic E-state index is -0.579. The van der Waals surface area contributed by atoms with Crippen LogP contribution < -0.4 is 9.64 Å². The summed E-state index contributed by atoms with van der Waals surface area (Å²) in [4.78, 5) is 34.3. The first-order valence-corrected chi connectivity index (χ1v) is 18.8. The highest BCUT2D eigenvalue weighted by molar-refractivity contribution is 5.98. The molecule has 5 aliphatic rings. The molecule has 270 valence electrons. The van der Waals surface area contributed by atoms with Crippen molar-refractivity contribution in [1.29, 1.82) is 0 Å². The molecule has 4 aromatic rings. The SMILES string of the molecule is CC(C)(C)OC(=O)N1C2CCC1CN(c1nc(OCC34CCCN3CCC4)nc3c(F)c(-c4cccc5c4cnn5C4CCCCO4)ncc13)C2. The molecule has 5 saturated heterocycles. The molecule has 2 bridgehead atoms. The Morgan fingerprint density at radius 2 is 1.78 bits per heavy atom. The zero-order chi connectivity index (χ0) is 34.9. The molecule has 1 amide bonds. The van der Waals surface area contributed by atoms with Crippen LogP contribution in [-0.4, -0.2) is 103 Å². The van der Waals surface area contributed by atoms with E-state index in [9.17, 15) is 4.79 Å². The van der Waals surface area contributed by atoms with E-state index in [1.54, 1.807) is 12.4 Å². The second-order valence-electron chi connectivity index (χ2n) is 16.0. The number of hydrogen-bond donors (Lipinski definition) is 0. The summed E-state index contributed by atoms with van der Waals surface area (Å²) in [5.41, 5.74) is 1.31. The van der Waals surface area contributed by atoms with Crippen LogP contribution >= 0.6 is 0 Å². The predicted molar refractivity (Wildman–Crippen MR) is 190 cm³/mol. The highest BCUT2D eigenvalue weighted by Crippen LogP contribution is 2.41. The van der Waals surface area contributed by atoms with E-state index in [0.717, 1.165) is 81.8 Å². The molecular weight excluding hydrogens is 651 g/mol. The minimum absolute atomic E-state index is 0.0174. The van der Waals surface area contributed by atoms with Gasteiger partial charge in [-0.1, -0.05) is 12.1 Å². The van der Waals surface area contributed by atoms with Gasteiger partial charge in [0, 0.05) is 36.8 Å². The molecule has 0 saturated carbocycles. The lowest BCUT2D eigenvalue weighted by Crippen LogP contribution is -2.57. The highest BCUT2D eigenvalue weighted by atomic mass is 19.1. The fourth-order valence-electron chi connectivity index (χ4n) is 9.29. The van der Waals surface area contributed by atoms with Gasteiger partial charge in [0.15, 0.2) is 12.0 Å². The summed E-state index contributed by atoms with van der Waals surface area (Å²) in [5.74, 6) is 0.0633. The molecule has 5 aliphatic heterocycles. The van der Waals surface area contributed by atoms with Gasteiger partial charge in [-0.05, 0) is 97.7 Å². The summed E-state index contributed by atoms with van der Waals surface area (Å²) in [6.07, 6.45) is 12.2. The Labute approximate surface area is 297 Å². The first-order valence-electron chi connectivity index (χ1n) is 18.8. The predicted octanol–water partition coefficient (Wildman–Crippen LogP) is 6.48. The lowest BCUT2D eigenvalue weighted by molar-refractivity contribution is -0.0366. The summed E-state index contributed by atoms with van der Waals surface area (Å²) in [7, 11) is 0. The Hall–Kier alpha value is -4.10. The average Bonchev–Trinajstić information content (AvgIpc) is 3.88. The van der Waals surface area contributed by atoms with Gasteiger partial charge in [0.1, 0.15) is 29.2 Å². The second kappa shape index (κ2) is 12.5. The molecule has 0 spiro atoms. The van der Waals surface area contributed by atoms with Crippen molar-refractivity contribution in [2.24, 2.45) is 0 Å². The van der Waals surface area contributed by atoms with Crippen molar-refractivity contribution < 1.29 is 23.4 Å². The van der Waals surface area contributed by atoms with Crippen LogP contribution in [0.25, 0.3) is 33.1 Å². The number of carbonyl (C=O) groups excluding carboxylic acids is 1. The number of piperazine rings is 1. The maximum Gasteiger partial charge on any atom is 0.410 e. The van der Waals surface area contributed by atoms with E-state index in [-0.39, 0.29) is 47.2 Å². The normalized spacial score (nSPS) is 24.8. The zero-order valence-electron chi connectivity index (χ0n) is 29.8. The van der Waals surface area contributed by atoms with Crippen molar-refractivity contribution in [2.45, 2.75) is 108 Å². The molecule has 13 heteroatoms. The van der Waals surface area contributed by atoms with Crippen LogP contribution in [0.5, 0.6) is 6.01 Å². The first-order chi connectivity index (χ1) is 24.7. The number of pyridine rings is 1. The summed E-state index contributed by atoms with van der Waals surface area (Å²) >= 11 is 0. The maximum absolute atomic E-state index is 17.1. The summed E-state index contributed by atoms with van der Waals surface area (Å²) in [5, 5.41) is 6.01. The monoisotopic (exact) mass is 698 g/mol. The summed E-state index contributed by atoms with van der Waals surface area (Å²) in [6.45, 7) is 10.1. The third-order valence-electron chi connectivity index (χ3n) is 11.6. The molecule has 12 nitrogen and oxygen atoms in total. The molecule has 9 rings (SSSR count). The number of hydrogen-bond acceptors (Lipinski definition) is 10. The number of amides is 1. The minimum Gasteiger partial charge on any atom is -0.461 e. The molecule has 3 aromatic heterocycles. The first kappa shape index (κ1) is 32.8.